The van der Waals surface area contributed by atoms with Gasteiger partial charge in [0.25, 0.3) is 6.43 Å². The van der Waals surface area contributed by atoms with E-state index in [2.05, 4.69) is 19.5 Å². The first-order chi connectivity index (χ1) is 13.1. The third-order valence-electron chi connectivity index (χ3n) is 3.27. The third-order valence-corrected chi connectivity index (χ3v) is 5.55. The summed E-state index contributed by atoms with van der Waals surface area (Å²) in [7, 11) is 0.871. The van der Waals surface area contributed by atoms with Gasteiger partial charge in [-0.1, -0.05) is 23.5 Å². The van der Waals surface area contributed by atoms with Gasteiger partial charge in [-0.05, 0) is 6.92 Å². The number of pyridine rings is 1. The van der Waals surface area contributed by atoms with E-state index in [4.69, 9.17) is 0 Å². The zero-order valence-corrected chi connectivity index (χ0v) is 16.1. The molecule has 1 aliphatic heterocycles. The molecule has 0 radical (unpaired) electrons. The van der Waals surface area contributed by atoms with Gasteiger partial charge in [0.15, 0.2) is 5.69 Å². The lowest BCUT2D eigenvalue weighted by Gasteiger charge is -2.19. The number of hydrogen-bond donors (Lipinski definition) is 0. The number of carbonyl (C=O) groups excluding carboxylic acids is 2. The van der Waals surface area contributed by atoms with Crippen molar-refractivity contribution in [3.05, 3.63) is 22.5 Å². The molecule has 1 aromatic rings. The standard InChI is InChI=1S/C15H13F5N2O4S2/c1-3-26-13(24)7-9(28-14-21-4-5-27-14)6(12(23)25-2)8(11(16)17)22-10(7)15(18,19)20/h11H,3-5H2,1-2H3. The number of alkyl halides is 5. The van der Waals surface area contributed by atoms with Crippen LogP contribution in [0, 0.1) is 0 Å². The Balaban J connectivity index is 2.90. The zero-order valence-electron chi connectivity index (χ0n) is 14.4. The molecule has 28 heavy (non-hydrogen) atoms. The molecular formula is C15H13F5N2O4S2. The van der Waals surface area contributed by atoms with E-state index in [1.54, 1.807) is 0 Å². The van der Waals surface area contributed by atoms with Gasteiger partial charge in [0.05, 0.1) is 20.3 Å². The number of carbonyl (C=O) groups is 2. The van der Waals surface area contributed by atoms with Crippen LogP contribution in [0.2, 0.25) is 0 Å². The molecular weight excluding hydrogens is 431 g/mol. The van der Waals surface area contributed by atoms with Crippen LogP contribution in [0.1, 0.15) is 45.5 Å². The minimum Gasteiger partial charge on any atom is -0.465 e. The van der Waals surface area contributed by atoms with Crippen molar-refractivity contribution < 1.29 is 41.0 Å². The summed E-state index contributed by atoms with van der Waals surface area (Å²) in [6, 6.07) is 0. The van der Waals surface area contributed by atoms with Crippen molar-refractivity contribution in [1.82, 2.24) is 4.98 Å². The molecule has 1 aliphatic rings. The van der Waals surface area contributed by atoms with E-state index in [0.29, 0.717) is 24.1 Å². The average Bonchev–Trinajstić information content (AvgIpc) is 3.12. The predicted octanol–water partition coefficient (Wildman–Crippen LogP) is 4.20. The van der Waals surface area contributed by atoms with E-state index in [1.165, 1.54) is 6.92 Å². The van der Waals surface area contributed by atoms with Gasteiger partial charge in [0.1, 0.15) is 21.2 Å². The monoisotopic (exact) mass is 444 g/mol. The molecule has 0 spiro atoms. The van der Waals surface area contributed by atoms with E-state index < -0.39 is 52.0 Å². The quantitative estimate of drug-likeness (QED) is 0.498. The van der Waals surface area contributed by atoms with Gasteiger partial charge < -0.3 is 9.47 Å². The highest BCUT2D eigenvalue weighted by Gasteiger charge is 2.43. The number of aromatic nitrogens is 1. The van der Waals surface area contributed by atoms with Crippen LogP contribution >= 0.6 is 23.5 Å². The van der Waals surface area contributed by atoms with Crippen LogP contribution in [-0.4, -0.2) is 47.3 Å². The van der Waals surface area contributed by atoms with Gasteiger partial charge >= 0.3 is 18.1 Å². The molecule has 0 saturated heterocycles. The maximum Gasteiger partial charge on any atom is 0.434 e. The zero-order chi connectivity index (χ0) is 21.1. The van der Waals surface area contributed by atoms with Crippen molar-refractivity contribution in [3.63, 3.8) is 0 Å². The molecule has 6 nitrogen and oxygen atoms in total. The van der Waals surface area contributed by atoms with Crippen LogP contribution in [0.3, 0.4) is 0 Å². The Bertz CT molecular complexity index is 815. The fourth-order valence-corrected chi connectivity index (χ4v) is 4.38. The minimum atomic E-state index is -5.25. The Hall–Kier alpha value is -1.89. The van der Waals surface area contributed by atoms with E-state index in [0.717, 1.165) is 18.9 Å². The molecule has 0 aromatic carbocycles. The van der Waals surface area contributed by atoms with Gasteiger partial charge in [-0.25, -0.2) is 23.4 Å². The van der Waals surface area contributed by atoms with E-state index in [9.17, 15) is 31.5 Å². The lowest BCUT2D eigenvalue weighted by Crippen LogP contribution is -2.23. The summed E-state index contributed by atoms with van der Waals surface area (Å²) in [5.41, 5.74) is -5.34. The van der Waals surface area contributed by atoms with Crippen LogP contribution in [0.25, 0.3) is 0 Å². The minimum absolute atomic E-state index is 0.218. The van der Waals surface area contributed by atoms with Crippen LogP contribution in [-0.2, 0) is 15.7 Å². The average molecular weight is 444 g/mol. The molecule has 2 heterocycles. The fourth-order valence-electron chi connectivity index (χ4n) is 2.20. The molecule has 0 saturated carbocycles. The number of thioether (sulfide) groups is 2. The molecule has 2 rings (SSSR count). The number of methoxy groups -OCH3 is 1. The first kappa shape index (κ1) is 22.4. The van der Waals surface area contributed by atoms with E-state index >= 15 is 0 Å². The van der Waals surface area contributed by atoms with Crippen molar-refractivity contribution in [2.24, 2.45) is 4.99 Å². The smallest absolute Gasteiger partial charge is 0.434 e. The summed E-state index contributed by atoms with van der Waals surface area (Å²) in [6.45, 7) is 1.44. The number of rotatable bonds is 5. The second-order valence-electron chi connectivity index (χ2n) is 5.03. The first-order valence-electron chi connectivity index (χ1n) is 7.65. The summed E-state index contributed by atoms with van der Waals surface area (Å²) in [5, 5.41) is 0. The summed E-state index contributed by atoms with van der Waals surface area (Å²) in [4.78, 5) is 30.7. The van der Waals surface area contributed by atoms with Crippen molar-refractivity contribution >= 4 is 39.8 Å². The molecule has 0 unspecified atom stereocenters. The van der Waals surface area contributed by atoms with Gasteiger partial charge in [-0.3, -0.25) is 4.99 Å². The SMILES string of the molecule is CCOC(=O)c1c(C(F)(F)F)nc(C(F)F)c(C(=O)OC)c1SC1=NCCS1. The molecule has 0 amide bonds. The first-order valence-corrected chi connectivity index (χ1v) is 9.45. The molecule has 0 N–H and O–H groups in total. The van der Waals surface area contributed by atoms with Gasteiger partial charge in [0, 0.05) is 10.6 Å². The van der Waals surface area contributed by atoms with Crippen molar-refractivity contribution in [3.8, 4) is 0 Å². The van der Waals surface area contributed by atoms with Crippen LogP contribution < -0.4 is 0 Å². The van der Waals surface area contributed by atoms with Crippen molar-refractivity contribution in [2.75, 3.05) is 26.0 Å². The second kappa shape index (κ2) is 9.07. The topological polar surface area (TPSA) is 77.8 Å². The lowest BCUT2D eigenvalue weighted by atomic mass is 10.1. The molecule has 0 atom stereocenters. The number of hydrogen-bond acceptors (Lipinski definition) is 8. The lowest BCUT2D eigenvalue weighted by molar-refractivity contribution is -0.142. The number of halogens is 5. The van der Waals surface area contributed by atoms with Crippen molar-refractivity contribution in [1.29, 1.82) is 0 Å². The molecule has 0 bridgehead atoms. The highest BCUT2D eigenvalue weighted by molar-refractivity contribution is 8.39. The van der Waals surface area contributed by atoms with Gasteiger partial charge in [-0.2, -0.15) is 13.2 Å². The molecule has 1 aromatic heterocycles. The summed E-state index contributed by atoms with van der Waals surface area (Å²) >= 11 is 1.65. The number of ether oxygens (including phenoxy) is 2. The van der Waals surface area contributed by atoms with Crippen LogP contribution in [0.5, 0.6) is 0 Å². The Kier molecular flexibility index (Phi) is 7.26. The van der Waals surface area contributed by atoms with Gasteiger partial charge in [-0.15, -0.1) is 0 Å². The number of nitrogens with zero attached hydrogens (tertiary/aromatic N) is 2. The maximum atomic E-state index is 13.5. The number of aliphatic imine (C=N–C) groups is 1. The molecule has 13 heteroatoms. The summed E-state index contributed by atoms with van der Waals surface area (Å²) in [6.07, 6.45) is -8.77. The molecule has 0 aliphatic carbocycles. The summed E-state index contributed by atoms with van der Waals surface area (Å²) < 4.78 is 76.8. The Morgan fingerprint density at radius 3 is 2.39 bits per heavy atom. The Morgan fingerprint density at radius 1 is 1.25 bits per heavy atom. The molecule has 0 fully saturated rings. The highest BCUT2D eigenvalue weighted by Crippen LogP contribution is 2.43. The Morgan fingerprint density at radius 2 is 1.93 bits per heavy atom. The van der Waals surface area contributed by atoms with E-state index in [1.807, 2.05) is 0 Å². The predicted molar refractivity (Wildman–Crippen MR) is 92.1 cm³/mol. The summed E-state index contributed by atoms with van der Waals surface area (Å²) in [5.74, 6) is -2.28. The van der Waals surface area contributed by atoms with Crippen molar-refractivity contribution in [2.45, 2.75) is 24.4 Å². The third kappa shape index (κ3) is 4.74. The fraction of sp³-hybridized carbons (Fsp3) is 0.467. The number of esters is 2. The second-order valence-corrected chi connectivity index (χ2v) is 7.37. The maximum absolute atomic E-state index is 13.5. The van der Waals surface area contributed by atoms with Crippen LogP contribution in [0.15, 0.2) is 9.89 Å². The highest BCUT2D eigenvalue weighted by atomic mass is 32.2. The van der Waals surface area contributed by atoms with Crippen LogP contribution in [0.4, 0.5) is 22.0 Å². The molecule has 154 valence electrons. The Labute approximate surface area is 164 Å². The van der Waals surface area contributed by atoms with Gasteiger partial charge in [0.2, 0.25) is 0 Å². The normalized spacial score (nSPS) is 14.2. The van der Waals surface area contributed by atoms with E-state index in [-0.39, 0.29) is 11.0 Å². The largest absolute Gasteiger partial charge is 0.465 e.